The number of dihydropyridines is 2. The van der Waals surface area contributed by atoms with E-state index in [0.717, 1.165) is 85.3 Å². The third-order valence-electron chi connectivity index (χ3n) is 14.4. The molecule has 123 heavy (non-hydrogen) atoms. The number of methoxy groups -OCH3 is 2. The Morgan fingerprint density at radius 1 is 0.382 bits per heavy atom. The molecule has 21 nitrogen and oxygen atoms in total. The molecule has 8 aromatic rings. The van der Waals surface area contributed by atoms with Gasteiger partial charge in [-0.15, -0.1) is 0 Å². The maximum Gasteiger partial charge on any atom is 0.417 e. The van der Waals surface area contributed by atoms with E-state index in [1.54, 1.807) is 0 Å². The fraction of sp³-hybridized carbons (Fsp3) is 0.158. The van der Waals surface area contributed by atoms with Crippen molar-refractivity contribution in [3.05, 3.63) is 258 Å². The second-order valence-electron chi connectivity index (χ2n) is 23.2. The first-order chi connectivity index (χ1) is 57.5. The number of allylic oxidation sites excluding steroid dienone is 5. The fourth-order valence-electron chi connectivity index (χ4n) is 9.30. The summed E-state index contributed by atoms with van der Waals surface area (Å²) in [5, 5.41) is 22.0. The minimum absolute atomic E-state index is 0.0540. The molecule has 0 unspecified atom stereocenters. The van der Waals surface area contributed by atoms with E-state index in [1.807, 2.05) is 0 Å². The van der Waals surface area contributed by atoms with Gasteiger partial charge in [0.2, 0.25) is 0 Å². The van der Waals surface area contributed by atoms with E-state index in [9.17, 15) is 130 Å². The molecule has 656 valence electrons. The summed E-state index contributed by atoms with van der Waals surface area (Å²) in [5.74, 6) is -15.0. The lowest BCUT2D eigenvalue weighted by molar-refractivity contribution is -0.138. The lowest BCUT2D eigenvalue weighted by Crippen LogP contribution is -2.27. The van der Waals surface area contributed by atoms with E-state index in [1.165, 1.54) is 44.6 Å². The Hall–Kier alpha value is -13.3. The summed E-state index contributed by atoms with van der Waals surface area (Å²) in [6.45, 7) is -13.1. The normalized spacial score (nSPS) is 12.8. The van der Waals surface area contributed by atoms with Gasteiger partial charge in [0, 0.05) is 73.1 Å². The molecule has 8 aromatic carbocycles. The number of rotatable bonds is 20. The van der Waals surface area contributed by atoms with Gasteiger partial charge in [-0.25, -0.2) is 26.3 Å². The van der Waals surface area contributed by atoms with Gasteiger partial charge in [0.1, 0.15) is 59.5 Å². The van der Waals surface area contributed by atoms with Gasteiger partial charge >= 0.3 is 45.0 Å². The van der Waals surface area contributed by atoms with Crippen molar-refractivity contribution in [3.63, 3.8) is 0 Å². The van der Waals surface area contributed by atoms with Crippen LogP contribution in [-0.4, -0.2) is 111 Å². The quantitative estimate of drug-likeness (QED) is 0.0444. The van der Waals surface area contributed by atoms with Crippen LogP contribution in [0.4, 0.5) is 101 Å². The number of ether oxygens (including phenoxy) is 8. The van der Waals surface area contributed by atoms with Gasteiger partial charge in [-0.1, -0.05) is 40.9 Å². The number of carbonyl (C=O) groups is 6. The summed E-state index contributed by atoms with van der Waals surface area (Å²) in [5.41, 5.74) is -5.87. The Morgan fingerprint density at radius 2 is 0.707 bits per heavy atom. The molecule has 0 spiro atoms. The van der Waals surface area contributed by atoms with Crippen LogP contribution in [0.25, 0.3) is 0 Å². The van der Waals surface area contributed by atoms with Gasteiger partial charge in [-0.3, -0.25) is 38.8 Å². The highest BCUT2D eigenvalue weighted by Gasteiger charge is 2.39. The Balaban J connectivity index is 0.000000241. The van der Waals surface area contributed by atoms with E-state index in [2.05, 4.69) is 54.4 Å². The molecule has 0 saturated heterocycles. The number of nitrogens with one attached hydrogen (secondary N) is 3. The van der Waals surface area contributed by atoms with Crippen molar-refractivity contribution in [1.82, 2.24) is 16.0 Å². The number of hydrogen-bond acceptors (Lipinski definition) is 18. The topological polar surface area (TPSA) is 278 Å². The first-order valence-electron chi connectivity index (χ1n) is 32.8. The number of phenolic OH excluding ortho intramolecular Hbond substituents is 2. The van der Waals surface area contributed by atoms with Crippen LogP contribution in [0.3, 0.4) is 0 Å². The second-order valence-corrected chi connectivity index (χ2v) is 24.4. The van der Waals surface area contributed by atoms with Crippen molar-refractivity contribution in [3.8, 4) is 69.0 Å². The fourth-order valence-corrected chi connectivity index (χ4v) is 10.1. The van der Waals surface area contributed by atoms with Crippen molar-refractivity contribution in [2.45, 2.75) is 51.4 Å². The van der Waals surface area contributed by atoms with Gasteiger partial charge in [0.05, 0.1) is 74.1 Å². The predicted octanol–water partition coefficient (Wildman–Crippen LogP) is 20.1. The first kappa shape index (κ1) is 98.6. The highest BCUT2D eigenvalue weighted by atomic mass is 35.5. The molecule has 0 atom stereocenters. The molecule has 0 fully saturated rings. The number of phenols is 2. The van der Waals surface area contributed by atoms with E-state index >= 15 is 0 Å². The average Bonchev–Trinajstić information content (AvgIpc) is 0.797. The molecular weight excluding hydrogens is 1780 g/mol. The SMILES string of the molecule is COc1ccc(F)cc1O.COc1ccc(F)cc1OC(F)F.O=C1C=C(NC(=O)c2cc(Cl)c(C(F)(F)F)cc2F)C=CC1.O=C1C=C(NC(=O)c2cc(Cl)c(C(F)(F)F)cc2Oc2ccc(F)cc2OC(F)F)C=NC1.O=C1C=C(NC(=O)c2cc(Cl)c(C(F)(F)F)cc2Oc2ccc(F)cc2OC(F)F)C=NC1.Oc1ccc(F)cc1OC(F)F. The van der Waals surface area contributed by atoms with Gasteiger partial charge < -0.3 is 64.1 Å². The van der Waals surface area contributed by atoms with Crippen molar-refractivity contribution >= 4 is 82.3 Å². The van der Waals surface area contributed by atoms with Crippen LogP contribution in [0.2, 0.25) is 15.1 Å². The van der Waals surface area contributed by atoms with Gasteiger partial charge in [0.15, 0.2) is 74.8 Å². The maximum absolute atomic E-state index is 13.7. The number of nitrogens with zero attached hydrogens (tertiary/aromatic N) is 2. The van der Waals surface area contributed by atoms with Crippen LogP contribution < -0.4 is 53.8 Å². The molecule has 0 radical (unpaired) electrons. The summed E-state index contributed by atoms with van der Waals surface area (Å²) in [6, 6.07) is 16.4. The Kier molecular flexibility index (Phi) is 35.5. The van der Waals surface area contributed by atoms with Crippen molar-refractivity contribution < 1.29 is 178 Å². The summed E-state index contributed by atoms with van der Waals surface area (Å²) in [4.78, 5) is 78.7. The monoisotopic (exact) mass is 1830 g/mol. The van der Waals surface area contributed by atoms with Crippen LogP contribution >= 0.6 is 34.8 Å². The van der Waals surface area contributed by atoms with Crippen LogP contribution in [0.5, 0.6) is 69.0 Å². The Labute approximate surface area is 689 Å². The van der Waals surface area contributed by atoms with Crippen molar-refractivity contribution in [2.24, 2.45) is 9.98 Å². The summed E-state index contributed by atoms with van der Waals surface area (Å²) < 4.78 is 329. The molecule has 0 saturated carbocycles. The first-order valence-corrected chi connectivity index (χ1v) is 34.0. The number of halogens is 26. The van der Waals surface area contributed by atoms with Gasteiger partial charge in [-0.05, 0) is 103 Å². The summed E-state index contributed by atoms with van der Waals surface area (Å²) in [7, 11) is 2.69. The third kappa shape index (κ3) is 31.1. The van der Waals surface area contributed by atoms with Crippen LogP contribution in [0, 0.1) is 34.9 Å². The number of benzene rings is 8. The average molecular weight is 1830 g/mol. The number of alkyl halides is 17. The molecule has 47 heteroatoms. The number of aliphatic imine (C=N–C) groups is 2. The largest absolute Gasteiger partial charge is 0.504 e. The highest BCUT2D eigenvalue weighted by Crippen LogP contribution is 2.45. The number of hydrogen-bond donors (Lipinski definition) is 5. The standard InChI is InChI=1S/2C20H11ClF6N2O4.C14H8ClF4NO2.C8H7F3O2.C7H5F3O2.C7H7FO2/c2*21-14-5-12(18(31)29-10-4-11(30)8-28-7-10)16(6-13(14)20(25,26)27)32-15-2-1-9(22)3-17(15)33-19(23)24;15-11-5-9(12(16)6-10(11)14(17,18)19)13(22)20-7-2-1-3-8(21)4-7;1-12-6-3-2-5(9)4-7(6)13-8(10)11;8-4-1-2-5(11)6(3-4)12-7(9)10;1-10-7-3-2-5(8)4-6(7)9/h2*1-7,19H,8H2,(H,29,31);1-2,4-6H,3H2,(H,20,22);2-4,8H,1H3;1-3,7,11H;2-4,9H,1H3. The highest BCUT2D eigenvalue weighted by molar-refractivity contribution is 6.33. The predicted molar refractivity (Wildman–Crippen MR) is 387 cm³/mol. The van der Waals surface area contributed by atoms with Crippen molar-refractivity contribution in [1.29, 1.82) is 0 Å². The van der Waals surface area contributed by atoms with E-state index in [4.69, 9.17) is 54.5 Å². The van der Waals surface area contributed by atoms with Crippen LogP contribution in [0.1, 0.15) is 54.2 Å². The van der Waals surface area contributed by atoms with Crippen LogP contribution in [0.15, 0.2) is 185 Å². The minimum atomic E-state index is -4.96. The zero-order valence-electron chi connectivity index (χ0n) is 60.9. The molecule has 0 bridgehead atoms. The zero-order chi connectivity index (χ0) is 91.7. The molecule has 2 aliphatic heterocycles. The van der Waals surface area contributed by atoms with E-state index < -0.39 is 204 Å². The lowest BCUT2D eigenvalue weighted by Gasteiger charge is -2.18. The maximum atomic E-state index is 13.7. The summed E-state index contributed by atoms with van der Waals surface area (Å²) >= 11 is 16.8. The number of aromatic hydroxyl groups is 2. The zero-order valence-corrected chi connectivity index (χ0v) is 63.2. The third-order valence-corrected chi connectivity index (χ3v) is 15.4. The number of carbonyl (C=O) groups excluding carboxylic acids is 6. The molecular formula is C76H49Cl3F23N5O16. The molecule has 5 N–H and O–H groups in total. The molecule has 2 heterocycles. The molecule has 3 aliphatic rings. The van der Waals surface area contributed by atoms with Crippen LogP contribution in [-0.2, 0) is 32.9 Å². The van der Waals surface area contributed by atoms with Gasteiger partial charge in [-0.2, -0.15) is 74.6 Å². The van der Waals surface area contributed by atoms with Crippen molar-refractivity contribution in [2.75, 3.05) is 27.3 Å². The molecule has 3 amide bonds. The smallest absolute Gasteiger partial charge is 0.417 e. The minimum Gasteiger partial charge on any atom is -0.504 e. The second kappa shape index (κ2) is 44.3. The summed E-state index contributed by atoms with van der Waals surface area (Å²) in [6.07, 6.45) is -6.09. The lowest BCUT2D eigenvalue weighted by atomic mass is 10.1. The Bertz CT molecular complexity index is 5220. The molecule has 11 rings (SSSR count). The van der Waals surface area contributed by atoms with Gasteiger partial charge in [0.25, 0.3) is 17.7 Å². The molecule has 1 aliphatic carbocycles. The number of amides is 3. The Morgan fingerprint density at radius 3 is 1.08 bits per heavy atom. The van der Waals surface area contributed by atoms with E-state index in [-0.39, 0.29) is 71.4 Å². The number of ketones is 3. The molecule has 0 aromatic heterocycles. The van der Waals surface area contributed by atoms with E-state index in [0.29, 0.717) is 48.5 Å².